The van der Waals surface area contributed by atoms with Gasteiger partial charge in [-0.2, -0.15) is 0 Å². The van der Waals surface area contributed by atoms with Gasteiger partial charge in [-0.05, 0) is 43.2 Å². The first-order valence-corrected chi connectivity index (χ1v) is 6.03. The van der Waals surface area contributed by atoms with Crippen LogP contribution in [0.1, 0.15) is 19.4 Å². The fraction of sp³-hybridized carbons (Fsp3) is 0.143. The van der Waals surface area contributed by atoms with Crippen molar-refractivity contribution in [2.24, 2.45) is 0 Å². The number of rotatable bonds is 3. The molecule has 0 fully saturated rings. The molecule has 1 aromatic carbocycles. The van der Waals surface area contributed by atoms with E-state index in [0.717, 1.165) is 0 Å². The van der Waals surface area contributed by atoms with Crippen molar-refractivity contribution < 1.29 is 9.13 Å². The molecule has 0 aliphatic carbocycles. The van der Waals surface area contributed by atoms with Gasteiger partial charge in [0.2, 0.25) is 0 Å². The summed E-state index contributed by atoms with van der Waals surface area (Å²) in [6.45, 7) is 3.07. The van der Waals surface area contributed by atoms with Crippen LogP contribution in [0.3, 0.4) is 0 Å². The van der Waals surface area contributed by atoms with E-state index in [1.807, 2.05) is 0 Å². The third kappa shape index (κ3) is 3.29. The van der Waals surface area contributed by atoms with Crippen molar-refractivity contribution in [3.8, 4) is 11.8 Å². The smallest absolute Gasteiger partial charge is 0.321 e. The number of ether oxygens (including phenoxy) is 1. The summed E-state index contributed by atoms with van der Waals surface area (Å²) >= 11 is 6.11. The van der Waals surface area contributed by atoms with Gasteiger partial charge in [0, 0.05) is 18.5 Å². The van der Waals surface area contributed by atoms with Gasteiger partial charge in [-0.25, -0.2) is 14.4 Å². The SMILES string of the molecule is CC(F)=C(C)c1ccc(Oc2ncccn2)cc1Cl. The highest BCUT2D eigenvalue weighted by molar-refractivity contribution is 6.32. The van der Waals surface area contributed by atoms with Crippen LogP contribution in [0.4, 0.5) is 4.39 Å². The van der Waals surface area contributed by atoms with Crippen LogP contribution in [-0.4, -0.2) is 9.97 Å². The summed E-state index contributed by atoms with van der Waals surface area (Å²) in [6.07, 6.45) is 3.16. The highest BCUT2D eigenvalue weighted by Gasteiger charge is 2.08. The summed E-state index contributed by atoms with van der Waals surface area (Å²) in [5.41, 5.74) is 1.15. The van der Waals surface area contributed by atoms with Crippen LogP contribution in [0.15, 0.2) is 42.5 Å². The van der Waals surface area contributed by atoms with Gasteiger partial charge in [0.25, 0.3) is 0 Å². The van der Waals surface area contributed by atoms with Crippen LogP contribution in [0.2, 0.25) is 5.02 Å². The van der Waals surface area contributed by atoms with E-state index in [1.54, 1.807) is 43.6 Å². The van der Waals surface area contributed by atoms with E-state index in [9.17, 15) is 4.39 Å². The second kappa shape index (κ2) is 5.80. The van der Waals surface area contributed by atoms with Gasteiger partial charge >= 0.3 is 6.01 Å². The second-order valence-electron chi connectivity index (χ2n) is 3.93. The highest BCUT2D eigenvalue weighted by Crippen LogP contribution is 2.30. The van der Waals surface area contributed by atoms with E-state index in [4.69, 9.17) is 16.3 Å². The van der Waals surface area contributed by atoms with Crippen molar-refractivity contribution in [2.45, 2.75) is 13.8 Å². The van der Waals surface area contributed by atoms with Crippen LogP contribution in [0.5, 0.6) is 11.8 Å². The molecule has 1 aromatic heterocycles. The van der Waals surface area contributed by atoms with Gasteiger partial charge < -0.3 is 4.74 Å². The summed E-state index contributed by atoms with van der Waals surface area (Å²) in [5, 5.41) is 0.419. The molecule has 0 saturated carbocycles. The molecule has 0 aliphatic rings. The van der Waals surface area contributed by atoms with Crippen LogP contribution in [0, 0.1) is 0 Å². The normalized spacial score (nSPS) is 12.0. The predicted molar refractivity (Wildman–Crippen MR) is 72.9 cm³/mol. The van der Waals surface area contributed by atoms with E-state index < -0.39 is 0 Å². The van der Waals surface area contributed by atoms with Gasteiger partial charge in [-0.3, -0.25) is 0 Å². The molecule has 98 valence electrons. The molecule has 1 heterocycles. The number of halogens is 2. The minimum Gasteiger partial charge on any atom is -0.424 e. The van der Waals surface area contributed by atoms with Crippen molar-refractivity contribution in [1.82, 2.24) is 9.97 Å². The van der Waals surface area contributed by atoms with Crippen LogP contribution >= 0.6 is 11.6 Å². The maximum Gasteiger partial charge on any atom is 0.321 e. The first kappa shape index (κ1) is 13.5. The standard InChI is InChI=1S/C14H12ClFN2O/c1-9(10(2)16)12-5-4-11(8-13(12)15)19-14-17-6-3-7-18-14/h3-8H,1-2H3. The average molecular weight is 279 g/mol. The molecule has 0 radical (unpaired) electrons. The third-order valence-electron chi connectivity index (χ3n) is 2.61. The molecule has 2 aromatic rings. The fourth-order valence-electron chi connectivity index (χ4n) is 1.49. The Labute approximate surface area is 115 Å². The quantitative estimate of drug-likeness (QED) is 0.820. The Bertz CT molecular complexity index is 610. The van der Waals surface area contributed by atoms with Crippen LogP contribution in [0.25, 0.3) is 5.57 Å². The molecule has 0 unspecified atom stereocenters. The average Bonchev–Trinajstić information content (AvgIpc) is 2.39. The van der Waals surface area contributed by atoms with Crippen molar-refractivity contribution >= 4 is 17.2 Å². The fourth-order valence-corrected chi connectivity index (χ4v) is 1.80. The minimum absolute atomic E-state index is 0.236. The molecule has 0 amide bonds. The Kier molecular flexibility index (Phi) is 4.12. The summed E-state index contributed by atoms with van der Waals surface area (Å²) < 4.78 is 18.6. The molecular formula is C14H12ClFN2O. The number of allylic oxidation sites excluding steroid dienone is 2. The van der Waals surface area contributed by atoms with E-state index >= 15 is 0 Å². The lowest BCUT2D eigenvalue weighted by Gasteiger charge is -2.08. The van der Waals surface area contributed by atoms with E-state index in [2.05, 4.69) is 9.97 Å². The monoisotopic (exact) mass is 278 g/mol. The zero-order valence-electron chi connectivity index (χ0n) is 10.5. The van der Waals surface area contributed by atoms with Crippen molar-refractivity contribution in [1.29, 1.82) is 0 Å². The molecule has 3 nitrogen and oxygen atoms in total. The molecule has 5 heteroatoms. The molecular weight excluding hydrogens is 267 g/mol. The largest absolute Gasteiger partial charge is 0.424 e. The molecule has 0 atom stereocenters. The number of hydrogen-bond donors (Lipinski definition) is 0. The number of nitrogens with zero attached hydrogens (tertiary/aromatic N) is 2. The minimum atomic E-state index is -0.262. The number of hydrogen-bond acceptors (Lipinski definition) is 3. The van der Waals surface area contributed by atoms with Crippen LogP contribution < -0.4 is 4.74 Å². The zero-order chi connectivity index (χ0) is 13.8. The van der Waals surface area contributed by atoms with Crippen molar-refractivity contribution in [3.63, 3.8) is 0 Å². The number of benzene rings is 1. The molecule has 0 bridgehead atoms. The highest BCUT2D eigenvalue weighted by atomic mass is 35.5. The van der Waals surface area contributed by atoms with Gasteiger partial charge in [0.1, 0.15) is 11.6 Å². The summed E-state index contributed by atoms with van der Waals surface area (Å²) in [7, 11) is 0. The van der Waals surface area contributed by atoms with E-state index in [-0.39, 0.29) is 11.8 Å². The topological polar surface area (TPSA) is 35.0 Å². The summed E-state index contributed by atoms with van der Waals surface area (Å²) in [6, 6.07) is 6.95. The summed E-state index contributed by atoms with van der Waals surface area (Å²) in [4.78, 5) is 7.89. The van der Waals surface area contributed by atoms with Gasteiger partial charge in [-0.15, -0.1) is 0 Å². The molecule has 0 spiro atoms. The van der Waals surface area contributed by atoms with Gasteiger partial charge in [0.05, 0.1) is 5.02 Å². The maximum atomic E-state index is 13.2. The lowest BCUT2D eigenvalue weighted by atomic mass is 10.1. The Hall–Kier alpha value is -1.94. The third-order valence-corrected chi connectivity index (χ3v) is 2.93. The first-order chi connectivity index (χ1) is 9.08. The Balaban J connectivity index is 2.27. The summed E-state index contributed by atoms with van der Waals surface area (Å²) in [5.74, 6) is 0.242. The predicted octanol–water partition coefficient (Wildman–Crippen LogP) is 4.64. The Morgan fingerprint density at radius 2 is 1.89 bits per heavy atom. The first-order valence-electron chi connectivity index (χ1n) is 5.65. The lowest BCUT2D eigenvalue weighted by molar-refractivity contribution is 0.442. The molecule has 2 rings (SSSR count). The van der Waals surface area contributed by atoms with Gasteiger partial charge in [0.15, 0.2) is 0 Å². The zero-order valence-corrected chi connectivity index (χ0v) is 11.3. The Morgan fingerprint density at radius 1 is 1.21 bits per heavy atom. The molecule has 0 N–H and O–H groups in total. The van der Waals surface area contributed by atoms with E-state index in [0.29, 0.717) is 21.9 Å². The Morgan fingerprint density at radius 3 is 2.47 bits per heavy atom. The van der Waals surface area contributed by atoms with E-state index in [1.165, 1.54) is 6.92 Å². The van der Waals surface area contributed by atoms with Crippen LogP contribution in [-0.2, 0) is 0 Å². The lowest BCUT2D eigenvalue weighted by Crippen LogP contribution is -1.91. The van der Waals surface area contributed by atoms with Gasteiger partial charge in [-0.1, -0.05) is 11.6 Å². The van der Waals surface area contributed by atoms with Crippen molar-refractivity contribution in [2.75, 3.05) is 0 Å². The second-order valence-corrected chi connectivity index (χ2v) is 4.34. The molecule has 19 heavy (non-hydrogen) atoms. The molecule has 0 aliphatic heterocycles. The molecule has 0 saturated heterocycles. The number of aromatic nitrogens is 2. The van der Waals surface area contributed by atoms with Crippen molar-refractivity contribution in [3.05, 3.63) is 53.1 Å². The maximum absolute atomic E-state index is 13.2.